The van der Waals surface area contributed by atoms with Gasteiger partial charge in [0.25, 0.3) is 0 Å². The van der Waals surface area contributed by atoms with E-state index in [1.165, 1.54) is 6.26 Å². The Balaban J connectivity index is 2.48. The third-order valence-electron chi connectivity index (χ3n) is 3.05. The van der Waals surface area contributed by atoms with E-state index in [4.69, 9.17) is 10.5 Å². The molecule has 1 aromatic rings. The van der Waals surface area contributed by atoms with Crippen LogP contribution in [0.15, 0.2) is 4.90 Å². The second kappa shape index (κ2) is 5.38. The van der Waals surface area contributed by atoms with Crippen LogP contribution in [0.3, 0.4) is 0 Å². The molecule has 0 spiro atoms. The van der Waals surface area contributed by atoms with Crippen molar-refractivity contribution in [1.82, 2.24) is 9.78 Å². The highest BCUT2D eigenvalue weighted by Crippen LogP contribution is 2.30. The first kappa shape index (κ1) is 14.1. The van der Waals surface area contributed by atoms with E-state index < -0.39 is 9.84 Å². The van der Waals surface area contributed by atoms with Gasteiger partial charge in [0.15, 0.2) is 20.6 Å². The molecule has 0 atom stereocenters. The SMILES string of the molecule is CCCn1nc(N2CCOCC2)c(S(C)(=O)=O)c1N. The number of aromatic nitrogens is 2. The Morgan fingerprint density at radius 3 is 2.53 bits per heavy atom. The summed E-state index contributed by atoms with van der Waals surface area (Å²) in [4.78, 5) is 2.06. The van der Waals surface area contributed by atoms with Crippen molar-refractivity contribution in [3.63, 3.8) is 0 Å². The van der Waals surface area contributed by atoms with E-state index in [9.17, 15) is 8.42 Å². The molecule has 1 saturated heterocycles. The van der Waals surface area contributed by atoms with Crippen LogP contribution >= 0.6 is 0 Å². The smallest absolute Gasteiger partial charge is 0.182 e. The van der Waals surface area contributed by atoms with Gasteiger partial charge in [-0.2, -0.15) is 5.10 Å². The Bertz CT molecular complexity index is 547. The minimum absolute atomic E-state index is 0.142. The number of ether oxygens (including phenoxy) is 1. The van der Waals surface area contributed by atoms with Crippen LogP contribution < -0.4 is 10.6 Å². The van der Waals surface area contributed by atoms with Crippen molar-refractivity contribution < 1.29 is 13.2 Å². The zero-order chi connectivity index (χ0) is 14.0. The number of aryl methyl sites for hydroxylation is 1. The number of rotatable bonds is 4. The molecule has 2 heterocycles. The van der Waals surface area contributed by atoms with Gasteiger partial charge in [-0.3, -0.25) is 0 Å². The summed E-state index contributed by atoms with van der Waals surface area (Å²) in [5.74, 6) is 0.683. The van der Waals surface area contributed by atoms with Crippen LogP contribution in [0.4, 0.5) is 11.6 Å². The number of hydrogen-bond acceptors (Lipinski definition) is 6. The van der Waals surface area contributed by atoms with Gasteiger partial charge in [0, 0.05) is 25.9 Å². The minimum Gasteiger partial charge on any atom is -0.383 e. The second-order valence-electron chi connectivity index (χ2n) is 4.63. The Kier molecular flexibility index (Phi) is 4.00. The number of morpholine rings is 1. The van der Waals surface area contributed by atoms with Gasteiger partial charge >= 0.3 is 0 Å². The fourth-order valence-electron chi connectivity index (χ4n) is 2.17. The van der Waals surface area contributed by atoms with Crippen LogP contribution in [0.2, 0.25) is 0 Å². The maximum absolute atomic E-state index is 11.9. The largest absolute Gasteiger partial charge is 0.383 e. The summed E-state index contributed by atoms with van der Waals surface area (Å²) in [7, 11) is -3.40. The molecule has 7 nitrogen and oxygen atoms in total. The van der Waals surface area contributed by atoms with Crippen LogP contribution in [-0.2, 0) is 21.1 Å². The van der Waals surface area contributed by atoms with Gasteiger partial charge in [0.05, 0.1) is 13.2 Å². The lowest BCUT2D eigenvalue weighted by molar-refractivity contribution is 0.122. The molecule has 0 bridgehead atoms. The van der Waals surface area contributed by atoms with Crippen LogP contribution in [0.5, 0.6) is 0 Å². The van der Waals surface area contributed by atoms with Crippen LogP contribution in [-0.4, -0.2) is 50.8 Å². The quantitative estimate of drug-likeness (QED) is 0.846. The van der Waals surface area contributed by atoms with E-state index in [-0.39, 0.29) is 10.7 Å². The van der Waals surface area contributed by atoms with E-state index in [2.05, 4.69) is 5.10 Å². The van der Waals surface area contributed by atoms with Gasteiger partial charge in [0.2, 0.25) is 0 Å². The Labute approximate surface area is 113 Å². The molecule has 0 amide bonds. The lowest BCUT2D eigenvalue weighted by atomic mass is 10.4. The predicted octanol–water partition coefficient (Wildman–Crippen LogP) is 0.115. The molecule has 1 fully saturated rings. The van der Waals surface area contributed by atoms with Gasteiger partial charge in [0.1, 0.15) is 5.82 Å². The number of nitrogens with zero attached hydrogens (tertiary/aromatic N) is 3. The molecule has 1 aliphatic heterocycles. The molecule has 0 unspecified atom stereocenters. The van der Waals surface area contributed by atoms with Crippen LogP contribution in [0.25, 0.3) is 0 Å². The van der Waals surface area contributed by atoms with Crippen molar-refractivity contribution in [2.45, 2.75) is 24.8 Å². The molecule has 1 aliphatic rings. The minimum atomic E-state index is -3.40. The first-order chi connectivity index (χ1) is 8.95. The first-order valence-corrected chi connectivity index (χ1v) is 8.23. The monoisotopic (exact) mass is 288 g/mol. The van der Waals surface area contributed by atoms with Gasteiger partial charge < -0.3 is 15.4 Å². The van der Waals surface area contributed by atoms with Crippen molar-refractivity contribution in [2.75, 3.05) is 43.2 Å². The first-order valence-electron chi connectivity index (χ1n) is 6.34. The zero-order valence-electron chi connectivity index (χ0n) is 11.3. The molecule has 108 valence electrons. The Morgan fingerprint density at radius 1 is 1.37 bits per heavy atom. The number of nitrogen functional groups attached to an aromatic ring is 1. The molecule has 2 N–H and O–H groups in total. The summed E-state index contributed by atoms with van der Waals surface area (Å²) in [5.41, 5.74) is 5.95. The summed E-state index contributed by atoms with van der Waals surface area (Å²) < 4.78 is 30.7. The summed E-state index contributed by atoms with van der Waals surface area (Å²) in [5, 5.41) is 4.37. The third kappa shape index (κ3) is 2.84. The van der Waals surface area contributed by atoms with E-state index in [1.807, 2.05) is 11.8 Å². The van der Waals surface area contributed by atoms with Crippen LogP contribution in [0, 0.1) is 0 Å². The molecule has 0 saturated carbocycles. The summed E-state index contributed by atoms with van der Waals surface area (Å²) in [6.45, 7) is 5.01. The summed E-state index contributed by atoms with van der Waals surface area (Å²) in [6, 6.07) is 0. The van der Waals surface area contributed by atoms with Crippen molar-refractivity contribution in [3.8, 4) is 0 Å². The van der Waals surface area contributed by atoms with Crippen molar-refractivity contribution >= 4 is 21.5 Å². The van der Waals surface area contributed by atoms with Crippen LogP contribution in [0.1, 0.15) is 13.3 Å². The van der Waals surface area contributed by atoms with Gasteiger partial charge in [-0.25, -0.2) is 13.1 Å². The number of sulfone groups is 1. The molecular formula is C11H20N4O3S. The molecule has 0 radical (unpaired) electrons. The highest BCUT2D eigenvalue weighted by atomic mass is 32.2. The lowest BCUT2D eigenvalue weighted by Crippen LogP contribution is -2.37. The number of hydrogen-bond donors (Lipinski definition) is 1. The van der Waals surface area contributed by atoms with Crippen molar-refractivity contribution in [2.24, 2.45) is 0 Å². The second-order valence-corrected chi connectivity index (χ2v) is 6.59. The number of anilines is 2. The van der Waals surface area contributed by atoms with E-state index in [1.54, 1.807) is 4.68 Å². The molecule has 19 heavy (non-hydrogen) atoms. The average Bonchev–Trinajstić information content (AvgIpc) is 2.68. The lowest BCUT2D eigenvalue weighted by Gasteiger charge is -2.27. The molecule has 2 rings (SSSR count). The predicted molar refractivity (Wildman–Crippen MR) is 73.1 cm³/mol. The highest BCUT2D eigenvalue weighted by molar-refractivity contribution is 7.91. The maximum atomic E-state index is 11.9. The van der Waals surface area contributed by atoms with E-state index >= 15 is 0 Å². The average molecular weight is 288 g/mol. The fourth-order valence-corrected chi connectivity index (χ4v) is 3.15. The highest BCUT2D eigenvalue weighted by Gasteiger charge is 2.28. The molecule has 0 aliphatic carbocycles. The van der Waals surface area contributed by atoms with E-state index in [0.717, 1.165) is 6.42 Å². The van der Waals surface area contributed by atoms with E-state index in [0.29, 0.717) is 38.7 Å². The normalized spacial score (nSPS) is 16.8. The zero-order valence-corrected chi connectivity index (χ0v) is 12.1. The molecule has 1 aromatic heterocycles. The summed E-state index contributed by atoms with van der Waals surface area (Å²) >= 11 is 0. The number of nitrogens with two attached hydrogens (primary N) is 1. The van der Waals surface area contributed by atoms with Gasteiger partial charge in [-0.15, -0.1) is 0 Å². The Morgan fingerprint density at radius 2 is 2.00 bits per heavy atom. The molecular weight excluding hydrogens is 268 g/mol. The molecule has 0 aromatic carbocycles. The van der Waals surface area contributed by atoms with Gasteiger partial charge in [-0.1, -0.05) is 6.92 Å². The third-order valence-corrected chi connectivity index (χ3v) is 4.18. The summed E-state index contributed by atoms with van der Waals surface area (Å²) in [6.07, 6.45) is 2.01. The Hall–Kier alpha value is -1.28. The fraction of sp³-hybridized carbons (Fsp3) is 0.727. The topological polar surface area (TPSA) is 90.5 Å². The maximum Gasteiger partial charge on any atom is 0.182 e. The van der Waals surface area contributed by atoms with Crippen molar-refractivity contribution in [1.29, 1.82) is 0 Å². The standard InChI is InChI=1S/C11H20N4O3S/c1-3-4-15-10(12)9(19(2,16)17)11(13-15)14-5-7-18-8-6-14/h3-8,12H2,1-2H3. The van der Waals surface area contributed by atoms with Gasteiger partial charge in [-0.05, 0) is 6.42 Å². The molecule has 8 heteroatoms. The van der Waals surface area contributed by atoms with Crippen molar-refractivity contribution in [3.05, 3.63) is 0 Å².